The van der Waals surface area contributed by atoms with E-state index in [9.17, 15) is 18.0 Å². The maximum atomic E-state index is 12.9. The van der Waals surface area contributed by atoms with Crippen LogP contribution in [0, 0.1) is 11.3 Å². The molecule has 2 saturated carbocycles. The number of likely N-dealkylation sites (N-methyl/N-ethyl adjacent to an activating group) is 1. The molecule has 25 heavy (non-hydrogen) atoms. The lowest BCUT2D eigenvalue weighted by molar-refractivity contribution is -0.137. The van der Waals surface area contributed by atoms with Gasteiger partial charge in [0.25, 0.3) is 0 Å². The third-order valence-corrected chi connectivity index (χ3v) is 6.67. The van der Waals surface area contributed by atoms with Gasteiger partial charge < -0.3 is 0 Å². The second-order valence-corrected chi connectivity index (χ2v) is 7.89. The van der Waals surface area contributed by atoms with Crippen LogP contribution in [0.4, 0.5) is 13.2 Å². The highest BCUT2D eigenvalue weighted by Crippen LogP contribution is 2.66. The van der Waals surface area contributed by atoms with Crippen LogP contribution in [0.25, 0.3) is 5.57 Å². The summed E-state index contributed by atoms with van der Waals surface area (Å²) in [4.78, 5) is 15.0. The third kappa shape index (κ3) is 2.11. The fourth-order valence-electron chi connectivity index (χ4n) is 5.53. The van der Waals surface area contributed by atoms with E-state index in [2.05, 4.69) is 11.0 Å². The molecule has 0 saturated heterocycles. The number of nitrogens with zero attached hydrogens (tertiary/aromatic N) is 1. The first-order valence-electron chi connectivity index (χ1n) is 8.83. The molecule has 4 rings (SSSR count). The first kappa shape index (κ1) is 16.8. The fourth-order valence-corrected chi connectivity index (χ4v) is 5.53. The van der Waals surface area contributed by atoms with E-state index in [1.165, 1.54) is 0 Å². The number of rotatable bonds is 2. The number of halogens is 3. The molecule has 5 heteroatoms. The minimum absolute atomic E-state index is 0.244. The van der Waals surface area contributed by atoms with Crippen LogP contribution < -0.4 is 0 Å². The van der Waals surface area contributed by atoms with E-state index in [4.69, 9.17) is 0 Å². The molecule has 2 fully saturated rings. The van der Waals surface area contributed by atoms with Gasteiger partial charge >= 0.3 is 6.18 Å². The van der Waals surface area contributed by atoms with Crippen LogP contribution in [0.15, 0.2) is 30.3 Å². The van der Waals surface area contributed by atoms with Gasteiger partial charge in [-0.15, -0.1) is 0 Å². The number of Topliss-reactive ketones (excluding diaryl/α,β-unsaturated/α-hetero) is 1. The van der Waals surface area contributed by atoms with Crippen LogP contribution in [-0.2, 0) is 11.0 Å². The predicted molar refractivity (Wildman–Crippen MR) is 89.9 cm³/mol. The van der Waals surface area contributed by atoms with Gasteiger partial charge in [0.15, 0.2) is 0 Å². The molecule has 0 radical (unpaired) electrons. The molecule has 3 aliphatic rings. The zero-order valence-corrected chi connectivity index (χ0v) is 14.5. The fraction of sp³-hybridized carbons (Fsp3) is 0.550. The average Bonchev–Trinajstić information content (AvgIpc) is 3.01. The van der Waals surface area contributed by atoms with Crippen LogP contribution >= 0.6 is 0 Å². The Hall–Kier alpha value is -1.62. The molecule has 2 bridgehead atoms. The highest BCUT2D eigenvalue weighted by atomic mass is 19.4. The highest BCUT2D eigenvalue weighted by Gasteiger charge is 2.68. The maximum Gasteiger partial charge on any atom is 0.416 e. The maximum absolute atomic E-state index is 12.9. The Kier molecular flexibility index (Phi) is 3.50. The molecule has 0 heterocycles. The van der Waals surface area contributed by atoms with Crippen molar-refractivity contribution in [3.8, 4) is 0 Å². The lowest BCUT2D eigenvalue weighted by Gasteiger charge is -2.43. The summed E-state index contributed by atoms with van der Waals surface area (Å²) >= 11 is 0. The van der Waals surface area contributed by atoms with Gasteiger partial charge in [-0.1, -0.05) is 31.1 Å². The van der Waals surface area contributed by atoms with E-state index in [-0.39, 0.29) is 11.5 Å². The summed E-state index contributed by atoms with van der Waals surface area (Å²) in [5.74, 6) is 0.551. The summed E-state index contributed by atoms with van der Waals surface area (Å²) < 4.78 is 38.6. The molecular weight excluding hydrogens is 327 g/mol. The van der Waals surface area contributed by atoms with Gasteiger partial charge in [0.05, 0.1) is 16.5 Å². The zero-order valence-electron chi connectivity index (χ0n) is 14.5. The topological polar surface area (TPSA) is 20.3 Å². The van der Waals surface area contributed by atoms with E-state index >= 15 is 0 Å². The van der Waals surface area contributed by atoms with E-state index in [0.717, 1.165) is 49.0 Å². The van der Waals surface area contributed by atoms with E-state index in [1.807, 2.05) is 14.1 Å². The Morgan fingerprint density at radius 3 is 2.40 bits per heavy atom. The molecule has 0 aromatic heterocycles. The molecular formula is C20H22F3NO. The van der Waals surface area contributed by atoms with Crippen molar-refractivity contribution in [1.82, 2.24) is 4.90 Å². The molecule has 3 aliphatic carbocycles. The summed E-state index contributed by atoms with van der Waals surface area (Å²) in [6.45, 7) is 0. The number of carbonyl (C=O) groups is 1. The van der Waals surface area contributed by atoms with Crippen LogP contribution in [0.1, 0.15) is 43.2 Å². The number of alkyl halides is 3. The minimum Gasteiger partial charge on any atom is -0.299 e. The Labute approximate surface area is 145 Å². The van der Waals surface area contributed by atoms with Gasteiger partial charge in [-0.3, -0.25) is 9.69 Å². The second-order valence-electron chi connectivity index (χ2n) is 7.89. The number of hydrogen-bond donors (Lipinski definition) is 0. The lowest BCUT2D eigenvalue weighted by atomic mass is 9.68. The van der Waals surface area contributed by atoms with Gasteiger partial charge in [-0.05, 0) is 56.1 Å². The Balaban J connectivity index is 1.83. The van der Waals surface area contributed by atoms with Crippen molar-refractivity contribution < 1.29 is 18.0 Å². The highest BCUT2D eigenvalue weighted by molar-refractivity contribution is 6.01. The third-order valence-electron chi connectivity index (χ3n) is 6.67. The minimum atomic E-state index is -4.33. The monoisotopic (exact) mass is 349 g/mol. The Morgan fingerprint density at radius 1 is 1.12 bits per heavy atom. The Morgan fingerprint density at radius 2 is 1.80 bits per heavy atom. The van der Waals surface area contributed by atoms with Crippen molar-refractivity contribution in [2.75, 3.05) is 14.1 Å². The van der Waals surface area contributed by atoms with Crippen LogP contribution in [0.2, 0.25) is 0 Å². The zero-order chi connectivity index (χ0) is 18.0. The van der Waals surface area contributed by atoms with Crippen molar-refractivity contribution >= 4 is 11.4 Å². The number of allylic oxidation sites excluding steroid dienone is 1. The molecule has 0 spiro atoms. The average molecular weight is 349 g/mol. The summed E-state index contributed by atoms with van der Waals surface area (Å²) in [7, 11) is 3.97. The molecule has 0 unspecified atom stereocenters. The smallest absolute Gasteiger partial charge is 0.299 e. The van der Waals surface area contributed by atoms with Crippen LogP contribution in [-0.4, -0.2) is 30.3 Å². The normalized spacial score (nSPS) is 34.4. The molecule has 1 aromatic carbocycles. The largest absolute Gasteiger partial charge is 0.416 e. The number of hydrogen-bond acceptors (Lipinski definition) is 2. The standard InChI is InChI=1S/C20H22F3NO/c1-24(2)19-12-17(25)18(10-4-3-5-16(18)19)11-15(19)13-6-8-14(9-7-13)20(21,22)23/h6-9,11,16H,3-5,10,12H2,1-2H3/t16-,18-,19-/m1/s1. The SMILES string of the molecule is CN(C)[C@]12CC(=O)[C@@]3(C=C1c1ccc(C(F)(F)F)cc1)CCCC[C@H]32. The van der Waals surface area contributed by atoms with Crippen molar-refractivity contribution in [3.05, 3.63) is 41.5 Å². The van der Waals surface area contributed by atoms with Crippen molar-refractivity contribution in [1.29, 1.82) is 0 Å². The van der Waals surface area contributed by atoms with Gasteiger partial charge in [0.1, 0.15) is 5.78 Å². The van der Waals surface area contributed by atoms with Crippen molar-refractivity contribution in [2.24, 2.45) is 11.3 Å². The molecule has 1 aromatic rings. The van der Waals surface area contributed by atoms with Crippen molar-refractivity contribution in [3.63, 3.8) is 0 Å². The van der Waals surface area contributed by atoms with E-state index in [0.29, 0.717) is 12.2 Å². The van der Waals surface area contributed by atoms with Crippen molar-refractivity contribution in [2.45, 2.75) is 43.8 Å². The summed E-state index contributed by atoms with van der Waals surface area (Å²) in [6.07, 6.45) is 2.28. The molecule has 0 aliphatic heterocycles. The molecule has 0 N–H and O–H groups in total. The summed E-state index contributed by atoms with van der Waals surface area (Å²) in [5, 5.41) is 0. The number of ketones is 1. The number of benzene rings is 1. The second kappa shape index (κ2) is 5.19. The van der Waals surface area contributed by atoms with E-state index < -0.39 is 17.2 Å². The predicted octanol–water partition coefficient (Wildman–Crippen LogP) is 4.55. The first-order valence-corrected chi connectivity index (χ1v) is 8.83. The summed E-state index contributed by atoms with van der Waals surface area (Å²) in [6, 6.07) is 5.42. The van der Waals surface area contributed by atoms with Gasteiger partial charge in [-0.2, -0.15) is 13.2 Å². The van der Waals surface area contributed by atoms with E-state index in [1.54, 1.807) is 12.1 Å². The number of carbonyl (C=O) groups excluding carboxylic acids is 1. The Bertz CT molecular complexity index is 749. The first-order chi connectivity index (χ1) is 11.7. The van der Waals surface area contributed by atoms with Gasteiger partial charge in [-0.25, -0.2) is 0 Å². The lowest BCUT2D eigenvalue weighted by Crippen LogP contribution is -2.48. The molecule has 134 valence electrons. The molecule has 3 atom stereocenters. The van der Waals surface area contributed by atoms with Crippen LogP contribution in [0.3, 0.4) is 0 Å². The summed E-state index contributed by atoms with van der Waals surface area (Å²) in [5.41, 5.74) is 0.434. The van der Waals surface area contributed by atoms with Gasteiger partial charge in [0, 0.05) is 6.42 Å². The van der Waals surface area contributed by atoms with Crippen LogP contribution in [0.5, 0.6) is 0 Å². The quantitative estimate of drug-likeness (QED) is 0.781. The van der Waals surface area contributed by atoms with Gasteiger partial charge in [0.2, 0.25) is 0 Å². The molecule has 0 amide bonds. The molecule has 2 nitrogen and oxygen atoms in total.